The highest BCUT2D eigenvalue weighted by Crippen LogP contribution is 2.41. The zero-order chi connectivity index (χ0) is 27.8. The van der Waals surface area contributed by atoms with Crippen molar-refractivity contribution in [2.75, 3.05) is 25.7 Å². The van der Waals surface area contributed by atoms with Crippen molar-refractivity contribution in [1.29, 1.82) is 5.26 Å². The van der Waals surface area contributed by atoms with E-state index < -0.39 is 29.2 Å². The Morgan fingerprint density at radius 3 is 2.79 bits per heavy atom. The van der Waals surface area contributed by atoms with E-state index in [0.717, 1.165) is 22.2 Å². The predicted molar refractivity (Wildman–Crippen MR) is 142 cm³/mol. The fourth-order valence-electron chi connectivity index (χ4n) is 4.65. The first-order chi connectivity index (χ1) is 18.8. The van der Waals surface area contributed by atoms with Crippen LogP contribution in [0.5, 0.6) is 0 Å². The number of aromatic nitrogens is 3. The second-order valence-corrected chi connectivity index (χ2v) is 10.6. The first-order valence-corrected chi connectivity index (χ1v) is 13.5. The molecule has 5 rings (SSSR count). The van der Waals surface area contributed by atoms with Crippen molar-refractivity contribution >= 4 is 62.6 Å². The number of hydrogen-bond donors (Lipinski definition) is 2. The van der Waals surface area contributed by atoms with E-state index in [4.69, 9.17) is 15.3 Å². The number of fused-ring (bicyclic) bond motifs is 2. The molecular weight excluding hydrogens is 544 g/mol. The summed E-state index contributed by atoms with van der Waals surface area (Å²) in [5.74, 6) is -1.45. The van der Waals surface area contributed by atoms with Gasteiger partial charge in [0.2, 0.25) is 0 Å². The van der Waals surface area contributed by atoms with Crippen molar-refractivity contribution in [2.24, 2.45) is 12.2 Å². The van der Waals surface area contributed by atoms with Gasteiger partial charge in [-0.25, -0.2) is 9.78 Å². The number of thioether (sulfide) groups is 1. The Hall–Kier alpha value is -4.42. The normalized spacial score (nSPS) is 18.9. The van der Waals surface area contributed by atoms with Crippen LogP contribution >= 0.6 is 23.1 Å². The van der Waals surface area contributed by atoms with Gasteiger partial charge >= 0.3 is 11.7 Å². The predicted octanol–water partition coefficient (Wildman–Crippen LogP) is 0.254. The molecule has 2 aliphatic heterocycles. The Kier molecular flexibility index (Phi) is 6.98. The van der Waals surface area contributed by atoms with Gasteiger partial charge in [0.1, 0.15) is 35.4 Å². The van der Waals surface area contributed by atoms with Gasteiger partial charge in [-0.05, 0) is 12.1 Å². The third-order valence-electron chi connectivity index (χ3n) is 6.45. The number of carbonyl (C=O) groups is 3. The molecule has 0 radical (unpaired) electrons. The van der Waals surface area contributed by atoms with E-state index >= 15 is 0 Å². The second kappa shape index (κ2) is 10.4. The molecule has 2 unspecified atom stereocenters. The number of nitrogens with zero attached hydrogens (tertiary/aromatic N) is 6. The minimum Gasteiger partial charge on any atom is -0.464 e. The lowest BCUT2D eigenvalue weighted by Gasteiger charge is -2.49. The van der Waals surface area contributed by atoms with Crippen LogP contribution < -0.4 is 15.7 Å². The van der Waals surface area contributed by atoms with Gasteiger partial charge in [-0.1, -0.05) is 22.0 Å². The van der Waals surface area contributed by atoms with E-state index in [0.29, 0.717) is 17.0 Å². The van der Waals surface area contributed by atoms with E-state index in [9.17, 15) is 19.6 Å². The summed E-state index contributed by atoms with van der Waals surface area (Å²) in [4.78, 5) is 49.4. The summed E-state index contributed by atoms with van der Waals surface area (Å²) in [6.07, 6.45) is 0. The highest BCUT2D eigenvalue weighted by atomic mass is 32.2. The van der Waals surface area contributed by atoms with Crippen LogP contribution in [0.25, 0.3) is 10.9 Å². The maximum Gasteiger partial charge on any atom is 0.355 e. The molecule has 0 saturated carbocycles. The van der Waals surface area contributed by atoms with Gasteiger partial charge in [0, 0.05) is 16.7 Å². The minimum absolute atomic E-state index is 0.108. The molecule has 15 heteroatoms. The number of esters is 1. The van der Waals surface area contributed by atoms with E-state index in [1.165, 1.54) is 30.9 Å². The van der Waals surface area contributed by atoms with Gasteiger partial charge in [-0.3, -0.25) is 14.5 Å². The van der Waals surface area contributed by atoms with E-state index in [1.807, 2.05) is 36.0 Å². The van der Waals surface area contributed by atoms with Crippen molar-refractivity contribution in [3.63, 3.8) is 0 Å². The molecule has 3 aromatic rings. The lowest BCUT2D eigenvalue weighted by atomic mass is 10.0. The number of carbonyl (C=O) groups excluding carboxylic acids is 3. The molecule has 2 aliphatic rings. The number of hydrogen-bond acceptors (Lipinski definition) is 11. The topological polar surface area (TPSA) is 169 Å². The summed E-state index contributed by atoms with van der Waals surface area (Å²) >= 11 is 2.53. The third-order valence-corrected chi connectivity index (χ3v) is 8.46. The van der Waals surface area contributed by atoms with Crippen LogP contribution in [-0.2, 0) is 37.6 Å². The number of thiazole rings is 1. The largest absolute Gasteiger partial charge is 0.464 e. The third kappa shape index (κ3) is 4.37. The molecule has 4 heterocycles. The number of anilines is 1. The average molecular weight is 568 g/mol. The van der Waals surface area contributed by atoms with Gasteiger partial charge in [0.25, 0.3) is 11.8 Å². The van der Waals surface area contributed by atoms with Crippen LogP contribution in [0.2, 0.25) is 0 Å². The van der Waals surface area contributed by atoms with Gasteiger partial charge in [-0.15, -0.1) is 23.1 Å². The summed E-state index contributed by atoms with van der Waals surface area (Å²) in [6.45, 7) is 0.189. The molecule has 1 fully saturated rings. The van der Waals surface area contributed by atoms with Crippen molar-refractivity contribution in [3.05, 3.63) is 52.3 Å². The van der Waals surface area contributed by atoms with Crippen molar-refractivity contribution < 1.29 is 28.6 Å². The standard InChI is InChI=1S/C24H22N8O5S2/c1-30-15-7-5-4-6-13(15)16(8-25)31(30)9-12-10-38-22-18(21(34)32(22)19(12)23(35)36-2)28-20(33)17(29-37-3)14-11-39-24(26)27-14/h4-7,11,18,22H,9-10H2,1-3H3,(H2-,26,27,28,33)/p+1/b29-17-. The SMILES string of the molecule is CO/N=C(\C(=O)NC1C(=O)N2C(C(=O)OC)=C(C[n+]3c(C#N)c4ccccc4n3C)CSC12)c1csc(N)n1. The number of benzene rings is 1. The molecular formula is C24H23N8O5S2+. The van der Waals surface area contributed by atoms with Gasteiger partial charge in [0.05, 0.1) is 19.5 Å². The number of nitrogen functional groups attached to an aromatic ring is 1. The van der Waals surface area contributed by atoms with Gasteiger partial charge in [-0.2, -0.15) is 9.94 Å². The molecule has 200 valence electrons. The monoisotopic (exact) mass is 567 g/mol. The fraction of sp³-hybridized carbons (Fsp3) is 0.292. The van der Waals surface area contributed by atoms with Crippen molar-refractivity contribution in [1.82, 2.24) is 19.9 Å². The number of nitrogens with two attached hydrogens (primary N) is 1. The number of β-lactam (4-membered cyclic amide) rings is 1. The summed E-state index contributed by atoms with van der Waals surface area (Å²) in [5, 5.41) is 18.4. The number of methoxy groups -OCH3 is 1. The molecule has 0 bridgehead atoms. The number of ether oxygens (including phenoxy) is 1. The Labute approximate surface area is 230 Å². The fourth-order valence-corrected chi connectivity index (χ4v) is 6.53. The van der Waals surface area contributed by atoms with Crippen LogP contribution in [0.4, 0.5) is 5.13 Å². The zero-order valence-electron chi connectivity index (χ0n) is 21.1. The number of aryl methyl sites for hydroxylation is 1. The molecule has 13 nitrogen and oxygen atoms in total. The first-order valence-electron chi connectivity index (χ1n) is 11.6. The van der Waals surface area contributed by atoms with Crippen molar-refractivity contribution in [2.45, 2.75) is 18.0 Å². The van der Waals surface area contributed by atoms with E-state index in [2.05, 4.69) is 21.5 Å². The lowest BCUT2D eigenvalue weighted by Crippen LogP contribution is -2.71. The maximum atomic E-state index is 13.3. The number of nitriles is 1. The Balaban J connectivity index is 1.44. The summed E-state index contributed by atoms with van der Waals surface area (Å²) in [7, 11) is 4.36. The van der Waals surface area contributed by atoms with Gasteiger partial charge in [0.15, 0.2) is 23.5 Å². The minimum atomic E-state index is -0.915. The Morgan fingerprint density at radius 2 is 2.13 bits per heavy atom. The molecule has 1 aromatic carbocycles. The van der Waals surface area contributed by atoms with Crippen LogP contribution in [0.3, 0.4) is 0 Å². The quantitative estimate of drug-likeness (QED) is 0.134. The summed E-state index contributed by atoms with van der Waals surface area (Å²) in [5.41, 5.74) is 7.79. The highest BCUT2D eigenvalue weighted by molar-refractivity contribution is 8.00. The molecule has 0 aliphatic carbocycles. The molecule has 2 aromatic heterocycles. The number of rotatable bonds is 7. The molecule has 39 heavy (non-hydrogen) atoms. The number of nitrogens with one attached hydrogen (secondary N) is 1. The Bertz CT molecular complexity index is 1620. The van der Waals surface area contributed by atoms with Crippen LogP contribution in [0.15, 0.2) is 46.1 Å². The van der Waals surface area contributed by atoms with Crippen LogP contribution in [0.1, 0.15) is 11.4 Å². The summed E-state index contributed by atoms with van der Waals surface area (Å²) in [6, 6.07) is 8.83. The van der Waals surface area contributed by atoms with E-state index in [1.54, 1.807) is 10.1 Å². The zero-order valence-corrected chi connectivity index (χ0v) is 22.7. The average Bonchev–Trinajstić information content (AvgIpc) is 3.49. The van der Waals surface area contributed by atoms with Crippen molar-refractivity contribution in [3.8, 4) is 6.07 Å². The van der Waals surface area contributed by atoms with Crippen LogP contribution in [-0.4, -0.2) is 69.4 Å². The second-order valence-electron chi connectivity index (χ2n) is 8.56. The molecule has 2 amide bonds. The number of para-hydroxylation sites is 1. The lowest BCUT2D eigenvalue weighted by molar-refractivity contribution is -0.766. The maximum absolute atomic E-state index is 13.3. The highest BCUT2D eigenvalue weighted by Gasteiger charge is 2.55. The molecule has 3 N–H and O–H groups in total. The van der Waals surface area contributed by atoms with E-state index in [-0.39, 0.29) is 28.8 Å². The molecule has 0 spiro atoms. The smallest absolute Gasteiger partial charge is 0.355 e. The summed E-state index contributed by atoms with van der Waals surface area (Å²) < 4.78 is 8.63. The Morgan fingerprint density at radius 1 is 1.36 bits per heavy atom. The molecule has 1 saturated heterocycles. The first kappa shape index (κ1) is 26.2. The van der Waals surface area contributed by atoms with Crippen LogP contribution in [0, 0.1) is 11.3 Å². The van der Waals surface area contributed by atoms with Gasteiger partial charge < -0.3 is 20.6 Å². The number of oxime groups is 1. The number of amides is 2. The molecule has 2 atom stereocenters.